The first-order valence-electron chi connectivity index (χ1n) is 9.81. The van der Waals surface area contributed by atoms with E-state index in [-0.39, 0.29) is 5.91 Å². The first kappa shape index (κ1) is 19.3. The van der Waals surface area contributed by atoms with Crippen LogP contribution in [0.2, 0.25) is 0 Å². The number of hydrogen-bond donors (Lipinski definition) is 0. The molecule has 2 aromatic carbocycles. The highest BCUT2D eigenvalue weighted by molar-refractivity contribution is 5.99. The van der Waals surface area contributed by atoms with Crippen molar-refractivity contribution < 1.29 is 18.7 Å². The van der Waals surface area contributed by atoms with E-state index in [0.717, 1.165) is 48.6 Å². The lowest BCUT2D eigenvalue weighted by Gasteiger charge is -2.29. The highest BCUT2D eigenvalue weighted by atomic mass is 16.5. The molecule has 0 unspecified atom stereocenters. The molecule has 0 radical (unpaired) electrons. The number of furan rings is 1. The Bertz CT molecular complexity index is 1000. The fourth-order valence-corrected chi connectivity index (χ4v) is 3.68. The van der Waals surface area contributed by atoms with Gasteiger partial charge in [0.1, 0.15) is 11.3 Å². The van der Waals surface area contributed by atoms with Gasteiger partial charge in [0.2, 0.25) is 0 Å². The fourth-order valence-electron chi connectivity index (χ4n) is 3.68. The summed E-state index contributed by atoms with van der Waals surface area (Å²) >= 11 is 0. The van der Waals surface area contributed by atoms with Gasteiger partial charge in [0.25, 0.3) is 5.91 Å². The molecular formula is C23H26N2O4. The van der Waals surface area contributed by atoms with Gasteiger partial charge in [0, 0.05) is 43.3 Å². The minimum Gasteiger partial charge on any atom is -0.497 e. The van der Waals surface area contributed by atoms with Crippen LogP contribution in [0.4, 0.5) is 5.69 Å². The summed E-state index contributed by atoms with van der Waals surface area (Å²) in [6, 6.07) is 13.9. The maximum absolute atomic E-state index is 13.0. The third kappa shape index (κ3) is 3.93. The number of fused-ring (bicyclic) bond motifs is 1. The molecular weight excluding hydrogens is 368 g/mol. The largest absolute Gasteiger partial charge is 0.497 e. The van der Waals surface area contributed by atoms with Gasteiger partial charge in [-0.05, 0) is 42.8 Å². The zero-order valence-corrected chi connectivity index (χ0v) is 17.1. The number of benzene rings is 2. The zero-order valence-electron chi connectivity index (χ0n) is 17.1. The molecule has 0 atom stereocenters. The molecule has 1 aliphatic rings. The van der Waals surface area contributed by atoms with Gasteiger partial charge in [-0.2, -0.15) is 0 Å². The summed E-state index contributed by atoms with van der Waals surface area (Å²) in [6.07, 6.45) is 0. The molecule has 6 nitrogen and oxygen atoms in total. The summed E-state index contributed by atoms with van der Waals surface area (Å²) in [6.45, 7) is 5.77. The number of rotatable bonds is 5. The van der Waals surface area contributed by atoms with E-state index in [1.165, 1.54) is 5.69 Å². The molecule has 29 heavy (non-hydrogen) atoms. The van der Waals surface area contributed by atoms with Crippen LogP contribution in [0.1, 0.15) is 21.7 Å². The van der Waals surface area contributed by atoms with Crippen LogP contribution in [0.5, 0.6) is 5.75 Å². The van der Waals surface area contributed by atoms with Crippen LogP contribution < -0.4 is 9.64 Å². The van der Waals surface area contributed by atoms with Crippen LogP contribution >= 0.6 is 0 Å². The number of carbonyl (C=O) groups excluding carboxylic acids is 1. The second-order valence-corrected chi connectivity index (χ2v) is 7.35. The van der Waals surface area contributed by atoms with E-state index in [1.807, 2.05) is 25.1 Å². The standard InChI is InChI=1S/C23H26N2O4/c1-16-20-14-19(27-3)8-9-21(20)29-22(16)23(26)24(2)15-17-4-6-18(7-5-17)25-10-12-28-13-11-25/h4-9,14H,10-13,15H2,1-3H3. The smallest absolute Gasteiger partial charge is 0.289 e. The molecule has 152 valence electrons. The molecule has 0 N–H and O–H groups in total. The Balaban J connectivity index is 1.48. The Kier molecular flexibility index (Phi) is 5.45. The maximum Gasteiger partial charge on any atom is 0.289 e. The van der Waals surface area contributed by atoms with E-state index in [2.05, 4.69) is 29.2 Å². The number of aryl methyl sites for hydroxylation is 1. The lowest BCUT2D eigenvalue weighted by Crippen LogP contribution is -2.36. The van der Waals surface area contributed by atoms with E-state index in [1.54, 1.807) is 19.1 Å². The van der Waals surface area contributed by atoms with Gasteiger partial charge in [-0.25, -0.2) is 0 Å². The molecule has 0 aliphatic carbocycles. The van der Waals surface area contributed by atoms with Crippen molar-refractivity contribution in [1.82, 2.24) is 4.90 Å². The molecule has 6 heteroatoms. The Hall–Kier alpha value is -2.99. The van der Waals surface area contributed by atoms with Gasteiger partial charge in [-0.3, -0.25) is 4.79 Å². The predicted molar refractivity (Wildman–Crippen MR) is 113 cm³/mol. The van der Waals surface area contributed by atoms with Crippen molar-refractivity contribution in [2.75, 3.05) is 45.4 Å². The summed E-state index contributed by atoms with van der Waals surface area (Å²) in [5.74, 6) is 0.990. The zero-order chi connectivity index (χ0) is 20.4. The maximum atomic E-state index is 13.0. The van der Waals surface area contributed by atoms with Crippen molar-refractivity contribution in [2.45, 2.75) is 13.5 Å². The second-order valence-electron chi connectivity index (χ2n) is 7.35. The van der Waals surface area contributed by atoms with Gasteiger partial charge in [-0.15, -0.1) is 0 Å². The minimum atomic E-state index is -0.130. The molecule has 0 spiro atoms. The fraction of sp³-hybridized carbons (Fsp3) is 0.348. The van der Waals surface area contributed by atoms with Crippen molar-refractivity contribution in [3.8, 4) is 5.75 Å². The van der Waals surface area contributed by atoms with E-state index >= 15 is 0 Å². The average molecular weight is 394 g/mol. The molecule has 2 heterocycles. The second kappa shape index (κ2) is 8.17. The van der Waals surface area contributed by atoms with Gasteiger partial charge < -0.3 is 23.7 Å². The van der Waals surface area contributed by atoms with E-state index in [4.69, 9.17) is 13.9 Å². The SMILES string of the molecule is COc1ccc2oc(C(=O)N(C)Cc3ccc(N4CCOCC4)cc3)c(C)c2c1. The van der Waals surface area contributed by atoms with Gasteiger partial charge in [0.15, 0.2) is 5.76 Å². The summed E-state index contributed by atoms with van der Waals surface area (Å²) < 4.78 is 16.5. The molecule has 4 rings (SSSR count). The number of nitrogens with zero attached hydrogens (tertiary/aromatic N) is 2. The molecule has 1 saturated heterocycles. The van der Waals surface area contributed by atoms with Crippen LogP contribution in [0.25, 0.3) is 11.0 Å². The van der Waals surface area contributed by atoms with Crippen molar-refractivity contribution in [1.29, 1.82) is 0 Å². The molecule has 1 aliphatic heterocycles. The molecule has 1 aromatic heterocycles. The first-order chi connectivity index (χ1) is 14.1. The number of anilines is 1. The Labute approximate surface area is 170 Å². The van der Waals surface area contributed by atoms with E-state index in [0.29, 0.717) is 17.9 Å². The number of methoxy groups -OCH3 is 1. The minimum absolute atomic E-state index is 0.130. The van der Waals surface area contributed by atoms with Crippen LogP contribution in [-0.4, -0.2) is 51.3 Å². The summed E-state index contributed by atoms with van der Waals surface area (Å²) in [5, 5.41) is 0.899. The lowest BCUT2D eigenvalue weighted by molar-refractivity contribution is 0.0755. The quantitative estimate of drug-likeness (QED) is 0.658. The Morgan fingerprint density at radius 2 is 1.86 bits per heavy atom. The van der Waals surface area contributed by atoms with Gasteiger partial charge in [-0.1, -0.05) is 12.1 Å². The van der Waals surface area contributed by atoms with Crippen molar-refractivity contribution in [3.05, 3.63) is 59.4 Å². The topological polar surface area (TPSA) is 55.2 Å². The third-order valence-corrected chi connectivity index (χ3v) is 5.42. The first-order valence-corrected chi connectivity index (χ1v) is 9.81. The number of amides is 1. The van der Waals surface area contributed by atoms with Crippen LogP contribution in [0.15, 0.2) is 46.9 Å². The molecule has 0 saturated carbocycles. The van der Waals surface area contributed by atoms with Crippen molar-refractivity contribution in [2.24, 2.45) is 0 Å². The third-order valence-electron chi connectivity index (χ3n) is 5.42. The monoisotopic (exact) mass is 394 g/mol. The molecule has 0 bridgehead atoms. The Morgan fingerprint density at radius 1 is 1.14 bits per heavy atom. The van der Waals surface area contributed by atoms with Gasteiger partial charge >= 0.3 is 0 Å². The molecule has 1 amide bonds. The Morgan fingerprint density at radius 3 is 2.55 bits per heavy atom. The summed E-state index contributed by atoms with van der Waals surface area (Å²) in [4.78, 5) is 17.0. The molecule has 1 fully saturated rings. The summed E-state index contributed by atoms with van der Waals surface area (Å²) in [7, 11) is 3.42. The van der Waals surface area contributed by atoms with Crippen LogP contribution in [0.3, 0.4) is 0 Å². The number of morpholine rings is 1. The highest BCUT2D eigenvalue weighted by Crippen LogP contribution is 2.29. The molecule has 3 aromatic rings. The predicted octanol–water partition coefficient (Wildman–Crippen LogP) is 3.86. The van der Waals surface area contributed by atoms with Crippen molar-refractivity contribution >= 4 is 22.6 Å². The van der Waals surface area contributed by atoms with Crippen LogP contribution in [0, 0.1) is 6.92 Å². The number of carbonyl (C=O) groups is 1. The normalized spacial score (nSPS) is 14.2. The lowest BCUT2D eigenvalue weighted by atomic mass is 10.1. The summed E-state index contributed by atoms with van der Waals surface area (Å²) in [5.41, 5.74) is 3.79. The van der Waals surface area contributed by atoms with Crippen molar-refractivity contribution in [3.63, 3.8) is 0 Å². The number of ether oxygens (including phenoxy) is 2. The van der Waals surface area contributed by atoms with Crippen LogP contribution in [-0.2, 0) is 11.3 Å². The van der Waals surface area contributed by atoms with Gasteiger partial charge in [0.05, 0.1) is 20.3 Å². The van der Waals surface area contributed by atoms with E-state index in [9.17, 15) is 4.79 Å². The average Bonchev–Trinajstić information content (AvgIpc) is 3.10. The van der Waals surface area contributed by atoms with E-state index < -0.39 is 0 Å². The number of hydrogen-bond acceptors (Lipinski definition) is 5. The highest BCUT2D eigenvalue weighted by Gasteiger charge is 2.21.